The van der Waals surface area contributed by atoms with Crippen molar-refractivity contribution >= 4 is 33.4 Å². The lowest BCUT2D eigenvalue weighted by molar-refractivity contribution is 0.0587. The molecule has 3 rings (SSSR count). The van der Waals surface area contributed by atoms with E-state index in [1.165, 1.54) is 0 Å². The molecule has 0 N–H and O–H groups in total. The second-order valence-electron chi connectivity index (χ2n) is 6.13. The minimum Gasteiger partial charge on any atom is -0.474 e. The number of nitrogens with zero attached hydrogens (tertiary/aromatic N) is 3. The van der Waals surface area contributed by atoms with Crippen molar-refractivity contribution in [2.24, 2.45) is 0 Å². The molecule has 25 heavy (non-hydrogen) atoms. The van der Waals surface area contributed by atoms with Gasteiger partial charge in [0.25, 0.3) is 5.91 Å². The van der Waals surface area contributed by atoms with Gasteiger partial charge in [-0.2, -0.15) is 4.98 Å². The summed E-state index contributed by atoms with van der Waals surface area (Å²) in [6.45, 7) is 5.04. The van der Waals surface area contributed by atoms with Gasteiger partial charge in [-0.15, -0.1) is 0 Å². The minimum atomic E-state index is -0.0431. The normalized spacial score (nSPS) is 15.3. The molecule has 1 saturated heterocycles. The summed E-state index contributed by atoms with van der Waals surface area (Å²) in [4.78, 5) is 23.1. The number of halogens is 2. The molecule has 0 unspecified atom stereocenters. The molecule has 0 bridgehead atoms. The van der Waals surface area contributed by atoms with Crippen molar-refractivity contribution in [2.45, 2.75) is 32.8 Å². The van der Waals surface area contributed by atoms with E-state index in [-0.39, 0.29) is 12.0 Å². The van der Waals surface area contributed by atoms with Gasteiger partial charge in [-0.1, -0.05) is 27.5 Å². The largest absolute Gasteiger partial charge is 0.474 e. The highest BCUT2D eigenvalue weighted by atomic mass is 79.9. The van der Waals surface area contributed by atoms with E-state index in [4.69, 9.17) is 16.3 Å². The molecule has 0 saturated carbocycles. The minimum absolute atomic E-state index is 0.0431. The highest BCUT2D eigenvalue weighted by molar-refractivity contribution is 9.10. The molecule has 1 aliphatic rings. The Morgan fingerprint density at radius 2 is 1.96 bits per heavy atom. The fourth-order valence-electron chi connectivity index (χ4n) is 2.92. The fraction of sp³-hybridized carbons (Fsp3) is 0.389. The fourth-order valence-corrected chi connectivity index (χ4v) is 3.48. The van der Waals surface area contributed by atoms with Gasteiger partial charge < -0.3 is 9.64 Å². The predicted octanol–water partition coefficient (Wildman–Crippen LogP) is 4.19. The van der Waals surface area contributed by atoms with Crippen molar-refractivity contribution < 1.29 is 9.53 Å². The average molecular weight is 425 g/mol. The summed E-state index contributed by atoms with van der Waals surface area (Å²) < 4.78 is 6.81. The molecule has 1 aromatic carbocycles. The number of rotatable bonds is 3. The number of ether oxygens (including phenoxy) is 1. The molecular weight excluding hydrogens is 406 g/mol. The Bertz CT molecular complexity index is 772. The number of carbonyl (C=O) groups excluding carboxylic acids is 1. The van der Waals surface area contributed by atoms with Crippen LogP contribution in [0.3, 0.4) is 0 Å². The number of piperidine rings is 1. The molecule has 1 fully saturated rings. The van der Waals surface area contributed by atoms with E-state index in [1.807, 2.05) is 30.9 Å². The molecule has 0 radical (unpaired) electrons. The number of benzene rings is 1. The van der Waals surface area contributed by atoms with Gasteiger partial charge in [0.05, 0.1) is 10.6 Å². The SMILES string of the molecule is Cc1cc(OC2CCN(C(=O)c3cc(Br)ccc3Cl)CC2)nc(C)n1. The van der Waals surface area contributed by atoms with E-state index in [9.17, 15) is 4.79 Å². The Morgan fingerprint density at radius 3 is 2.64 bits per heavy atom. The first-order valence-corrected chi connectivity index (χ1v) is 9.33. The van der Waals surface area contributed by atoms with Gasteiger partial charge >= 0.3 is 0 Å². The zero-order chi connectivity index (χ0) is 18.0. The molecule has 7 heteroatoms. The molecule has 132 valence electrons. The summed E-state index contributed by atoms with van der Waals surface area (Å²) in [6.07, 6.45) is 1.58. The molecule has 0 aliphatic carbocycles. The first kappa shape index (κ1) is 18.1. The Labute approximate surface area is 160 Å². The van der Waals surface area contributed by atoms with Crippen LogP contribution in [0.4, 0.5) is 0 Å². The van der Waals surface area contributed by atoms with Crippen molar-refractivity contribution in [1.82, 2.24) is 14.9 Å². The van der Waals surface area contributed by atoms with E-state index in [0.29, 0.717) is 35.4 Å². The van der Waals surface area contributed by atoms with Gasteiger partial charge in [0.1, 0.15) is 11.9 Å². The zero-order valence-corrected chi connectivity index (χ0v) is 16.5. The summed E-state index contributed by atoms with van der Waals surface area (Å²) in [6, 6.07) is 7.16. The molecule has 1 amide bonds. The number of hydrogen-bond acceptors (Lipinski definition) is 4. The summed E-state index contributed by atoms with van der Waals surface area (Å²) in [5.74, 6) is 1.26. The van der Waals surface area contributed by atoms with E-state index < -0.39 is 0 Å². The lowest BCUT2D eigenvalue weighted by Gasteiger charge is -2.32. The second kappa shape index (κ2) is 7.70. The topological polar surface area (TPSA) is 55.3 Å². The highest BCUT2D eigenvalue weighted by Gasteiger charge is 2.26. The first-order chi connectivity index (χ1) is 11.9. The van der Waals surface area contributed by atoms with Crippen LogP contribution in [0.15, 0.2) is 28.7 Å². The van der Waals surface area contributed by atoms with E-state index in [0.717, 1.165) is 23.0 Å². The molecule has 0 atom stereocenters. The average Bonchev–Trinajstić information content (AvgIpc) is 2.56. The molecule has 0 spiro atoms. The Kier molecular flexibility index (Phi) is 5.59. The van der Waals surface area contributed by atoms with Crippen LogP contribution in [-0.2, 0) is 0 Å². The molecular formula is C18H19BrClN3O2. The molecule has 2 aromatic rings. The second-order valence-corrected chi connectivity index (χ2v) is 7.45. The molecule has 1 aromatic heterocycles. The third-order valence-corrected chi connectivity index (χ3v) is 4.94. The number of aromatic nitrogens is 2. The van der Waals surface area contributed by atoms with E-state index >= 15 is 0 Å². The molecule has 2 heterocycles. The lowest BCUT2D eigenvalue weighted by atomic mass is 10.1. The summed E-state index contributed by atoms with van der Waals surface area (Å²) in [5, 5.41) is 0.471. The summed E-state index contributed by atoms with van der Waals surface area (Å²) in [7, 11) is 0. The van der Waals surface area contributed by atoms with Crippen molar-refractivity contribution in [3.63, 3.8) is 0 Å². The first-order valence-electron chi connectivity index (χ1n) is 8.15. The number of aryl methyl sites for hydroxylation is 2. The zero-order valence-electron chi connectivity index (χ0n) is 14.1. The maximum Gasteiger partial charge on any atom is 0.255 e. The maximum atomic E-state index is 12.7. The van der Waals surface area contributed by atoms with Crippen LogP contribution in [0.1, 0.15) is 34.7 Å². The maximum absolute atomic E-state index is 12.7. The van der Waals surface area contributed by atoms with Gasteiger partial charge in [0.2, 0.25) is 5.88 Å². The summed E-state index contributed by atoms with van der Waals surface area (Å²) >= 11 is 9.55. The lowest BCUT2D eigenvalue weighted by Crippen LogP contribution is -2.42. The predicted molar refractivity (Wildman–Crippen MR) is 100 cm³/mol. The van der Waals surface area contributed by atoms with Crippen molar-refractivity contribution in [3.05, 3.63) is 50.8 Å². The number of amides is 1. The van der Waals surface area contributed by atoms with Crippen LogP contribution in [-0.4, -0.2) is 40.0 Å². The van der Waals surface area contributed by atoms with Crippen LogP contribution in [0.5, 0.6) is 5.88 Å². The van der Waals surface area contributed by atoms with Crippen LogP contribution in [0.25, 0.3) is 0 Å². The number of carbonyl (C=O) groups is 1. The quantitative estimate of drug-likeness (QED) is 0.741. The van der Waals surface area contributed by atoms with Crippen LogP contribution in [0.2, 0.25) is 5.02 Å². The van der Waals surface area contributed by atoms with Crippen LogP contribution < -0.4 is 4.74 Å². The van der Waals surface area contributed by atoms with Crippen LogP contribution in [0, 0.1) is 13.8 Å². The Balaban J connectivity index is 1.61. The van der Waals surface area contributed by atoms with Gasteiger partial charge in [-0.05, 0) is 32.0 Å². The Hall–Kier alpha value is -1.66. The third-order valence-electron chi connectivity index (χ3n) is 4.12. The van der Waals surface area contributed by atoms with E-state index in [2.05, 4.69) is 25.9 Å². The molecule has 1 aliphatic heterocycles. The number of hydrogen-bond donors (Lipinski definition) is 0. The third kappa shape index (κ3) is 4.50. The summed E-state index contributed by atoms with van der Waals surface area (Å²) in [5.41, 5.74) is 1.41. The van der Waals surface area contributed by atoms with Gasteiger partial charge in [-0.25, -0.2) is 4.98 Å². The Morgan fingerprint density at radius 1 is 1.24 bits per heavy atom. The standard InChI is InChI=1S/C18H19BrClN3O2/c1-11-9-17(22-12(2)21-11)25-14-5-7-23(8-6-14)18(24)15-10-13(19)3-4-16(15)20/h3-4,9-10,14H,5-8H2,1-2H3. The molecule has 5 nitrogen and oxygen atoms in total. The van der Waals surface area contributed by atoms with Crippen molar-refractivity contribution in [1.29, 1.82) is 0 Å². The van der Waals surface area contributed by atoms with E-state index in [1.54, 1.807) is 12.1 Å². The van der Waals surface area contributed by atoms with Crippen molar-refractivity contribution in [2.75, 3.05) is 13.1 Å². The van der Waals surface area contributed by atoms with Gasteiger partial charge in [0, 0.05) is 42.2 Å². The number of likely N-dealkylation sites (tertiary alicyclic amines) is 1. The van der Waals surface area contributed by atoms with Crippen LogP contribution >= 0.6 is 27.5 Å². The smallest absolute Gasteiger partial charge is 0.255 e. The van der Waals surface area contributed by atoms with Gasteiger partial charge in [-0.3, -0.25) is 4.79 Å². The monoisotopic (exact) mass is 423 g/mol. The van der Waals surface area contributed by atoms with Gasteiger partial charge in [0.15, 0.2) is 0 Å². The van der Waals surface area contributed by atoms with Crippen molar-refractivity contribution in [3.8, 4) is 5.88 Å². The highest BCUT2D eigenvalue weighted by Crippen LogP contribution is 2.25.